The molecule has 0 radical (unpaired) electrons. The summed E-state index contributed by atoms with van der Waals surface area (Å²) in [4.78, 5) is 4.88. The van der Waals surface area contributed by atoms with Crippen LogP contribution in [0.15, 0.2) is 0 Å². The van der Waals surface area contributed by atoms with Gasteiger partial charge in [-0.25, -0.2) is 0 Å². The Morgan fingerprint density at radius 3 is 2.22 bits per heavy atom. The van der Waals surface area contributed by atoms with Crippen molar-refractivity contribution in [2.24, 2.45) is 5.92 Å². The van der Waals surface area contributed by atoms with Crippen molar-refractivity contribution in [3.05, 3.63) is 0 Å². The van der Waals surface area contributed by atoms with Crippen LogP contribution in [0.4, 0.5) is 0 Å². The minimum atomic E-state index is -0.00365. The molecule has 1 aliphatic heterocycles. The second kappa shape index (κ2) is 8.89. The first kappa shape index (κ1) is 17.9. The van der Waals surface area contributed by atoms with Gasteiger partial charge in [-0.2, -0.15) is 0 Å². The van der Waals surface area contributed by atoms with Crippen molar-refractivity contribution < 1.29 is 4.74 Å². The third-order valence-electron chi connectivity index (χ3n) is 3.06. The largest absolute Gasteiger partial charge is 0.375 e. The molecule has 0 aromatic rings. The van der Waals surface area contributed by atoms with Crippen molar-refractivity contribution in [2.45, 2.75) is 47.1 Å². The van der Waals surface area contributed by atoms with E-state index in [2.05, 4.69) is 44.5 Å². The Morgan fingerprint density at radius 1 is 1.22 bits per heavy atom. The van der Waals surface area contributed by atoms with E-state index in [0.717, 1.165) is 19.1 Å². The molecule has 0 unspecified atom stereocenters. The standard InChI is InChI=1S/C13H28N2O.C2H6/c1-6-15-10-12(11-15)9-14(5)7-8-16-13(2,3)4;1-2/h12H,6-11H2,1-5H3;1-2H3. The lowest BCUT2D eigenvalue weighted by Crippen LogP contribution is -2.50. The molecule has 18 heavy (non-hydrogen) atoms. The molecular weight excluding hydrogens is 224 g/mol. The maximum Gasteiger partial charge on any atom is 0.0600 e. The average molecular weight is 258 g/mol. The Balaban J connectivity index is 0.00000137. The van der Waals surface area contributed by atoms with Crippen molar-refractivity contribution >= 4 is 0 Å². The van der Waals surface area contributed by atoms with Gasteiger partial charge < -0.3 is 14.5 Å². The first-order valence-corrected chi connectivity index (χ1v) is 7.45. The van der Waals surface area contributed by atoms with Crippen LogP contribution in [-0.2, 0) is 4.74 Å². The third kappa shape index (κ3) is 8.06. The smallest absolute Gasteiger partial charge is 0.0600 e. The molecule has 3 heteroatoms. The van der Waals surface area contributed by atoms with Gasteiger partial charge >= 0.3 is 0 Å². The van der Waals surface area contributed by atoms with E-state index < -0.39 is 0 Å². The maximum atomic E-state index is 5.72. The number of hydrogen-bond acceptors (Lipinski definition) is 3. The van der Waals surface area contributed by atoms with Crippen molar-refractivity contribution in [1.29, 1.82) is 0 Å². The van der Waals surface area contributed by atoms with Crippen LogP contribution in [0.3, 0.4) is 0 Å². The van der Waals surface area contributed by atoms with Gasteiger partial charge in [-0.15, -0.1) is 0 Å². The van der Waals surface area contributed by atoms with Gasteiger partial charge in [0, 0.05) is 26.2 Å². The van der Waals surface area contributed by atoms with E-state index in [4.69, 9.17) is 4.74 Å². The topological polar surface area (TPSA) is 15.7 Å². The molecule has 110 valence electrons. The van der Waals surface area contributed by atoms with Gasteiger partial charge in [-0.05, 0) is 40.3 Å². The van der Waals surface area contributed by atoms with Crippen LogP contribution in [0.25, 0.3) is 0 Å². The summed E-state index contributed by atoms with van der Waals surface area (Å²) in [6.45, 7) is 19.4. The number of likely N-dealkylation sites (N-methyl/N-ethyl adjacent to an activating group) is 1. The van der Waals surface area contributed by atoms with Crippen LogP contribution < -0.4 is 0 Å². The van der Waals surface area contributed by atoms with E-state index in [-0.39, 0.29) is 5.60 Å². The fraction of sp³-hybridized carbons (Fsp3) is 1.00. The predicted molar refractivity (Wildman–Crippen MR) is 80.2 cm³/mol. The summed E-state index contributed by atoms with van der Waals surface area (Å²) in [5.41, 5.74) is -0.00365. The van der Waals surface area contributed by atoms with Gasteiger partial charge in [0.25, 0.3) is 0 Å². The van der Waals surface area contributed by atoms with Gasteiger partial charge in [0.2, 0.25) is 0 Å². The first-order chi connectivity index (χ1) is 8.40. The van der Waals surface area contributed by atoms with E-state index in [1.165, 1.54) is 26.2 Å². The Morgan fingerprint density at radius 2 is 1.78 bits per heavy atom. The van der Waals surface area contributed by atoms with E-state index in [1.54, 1.807) is 0 Å². The highest BCUT2D eigenvalue weighted by Gasteiger charge is 2.25. The Hall–Kier alpha value is -0.120. The lowest BCUT2D eigenvalue weighted by molar-refractivity contribution is -0.0152. The second-order valence-corrected chi connectivity index (χ2v) is 5.94. The molecule has 3 nitrogen and oxygen atoms in total. The lowest BCUT2D eigenvalue weighted by atomic mass is 10.00. The van der Waals surface area contributed by atoms with Gasteiger partial charge in [0.05, 0.1) is 12.2 Å². The summed E-state index contributed by atoms with van der Waals surface area (Å²) in [6, 6.07) is 0. The zero-order valence-electron chi connectivity index (χ0n) is 13.6. The van der Waals surface area contributed by atoms with Crippen molar-refractivity contribution in [3.8, 4) is 0 Å². The summed E-state index contributed by atoms with van der Waals surface area (Å²) in [5, 5.41) is 0. The average Bonchev–Trinajstić information content (AvgIpc) is 2.24. The molecule has 0 aliphatic carbocycles. The molecule has 0 amide bonds. The molecule has 1 rings (SSSR count). The van der Waals surface area contributed by atoms with Gasteiger partial charge in [-0.3, -0.25) is 0 Å². The third-order valence-corrected chi connectivity index (χ3v) is 3.06. The van der Waals surface area contributed by atoms with Crippen molar-refractivity contribution in [1.82, 2.24) is 9.80 Å². The Labute approximate surface area is 114 Å². The van der Waals surface area contributed by atoms with Crippen LogP contribution in [0, 0.1) is 5.92 Å². The van der Waals surface area contributed by atoms with E-state index in [1.807, 2.05) is 13.8 Å². The summed E-state index contributed by atoms with van der Waals surface area (Å²) in [6.07, 6.45) is 0. The quantitative estimate of drug-likeness (QED) is 0.728. The van der Waals surface area contributed by atoms with E-state index >= 15 is 0 Å². The van der Waals surface area contributed by atoms with Crippen LogP contribution >= 0.6 is 0 Å². The molecule has 1 aliphatic rings. The predicted octanol–water partition coefficient (Wildman–Crippen LogP) is 2.71. The van der Waals surface area contributed by atoms with Gasteiger partial charge in [0.15, 0.2) is 0 Å². The van der Waals surface area contributed by atoms with Gasteiger partial charge in [-0.1, -0.05) is 20.8 Å². The lowest BCUT2D eigenvalue weighted by Gasteiger charge is -2.40. The first-order valence-electron chi connectivity index (χ1n) is 7.45. The Kier molecular flexibility index (Phi) is 8.83. The molecule has 1 heterocycles. The molecule has 1 saturated heterocycles. The SMILES string of the molecule is CC.CCN1CC(CN(C)CCOC(C)(C)C)C1. The zero-order valence-corrected chi connectivity index (χ0v) is 13.6. The number of ether oxygens (including phenoxy) is 1. The Bertz CT molecular complexity index is 195. The molecule has 0 aromatic heterocycles. The van der Waals surface area contributed by atoms with Crippen LogP contribution in [0.2, 0.25) is 0 Å². The highest BCUT2D eigenvalue weighted by atomic mass is 16.5. The molecular formula is C15H34N2O. The molecule has 0 atom stereocenters. The summed E-state index contributed by atoms with van der Waals surface area (Å²) < 4.78 is 5.72. The van der Waals surface area contributed by atoms with Crippen LogP contribution in [0.5, 0.6) is 0 Å². The fourth-order valence-electron chi connectivity index (χ4n) is 2.09. The minimum Gasteiger partial charge on any atom is -0.375 e. The monoisotopic (exact) mass is 258 g/mol. The highest BCUT2D eigenvalue weighted by molar-refractivity contribution is 4.80. The van der Waals surface area contributed by atoms with Crippen molar-refractivity contribution in [3.63, 3.8) is 0 Å². The van der Waals surface area contributed by atoms with Gasteiger partial charge in [0.1, 0.15) is 0 Å². The van der Waals surface area contributed by atoms with Crippen LogP contribution in [0.1, 0.15) is 41.5 Å². The summed E-state index contributed by atoms with van der Waals surface area (Å²) in [7, 11) is 2.20. The van der Waals surface area contributed by atoms with E-state index in [9.17, 15) is 0 Å². The molecule has 0 spiro atoms. The fourth-order valence-corrected chi connectivity index (χ4v) is 2.09. The molecule has 0 N–H and O–H groups in total. The summed E-state index contributed by atoms with van der Waals surface area (Å²) >= 11 is 0. The number of nitrogens with zero attached hydrogens (tertiary/aromatic N) is 2. The molecule has 0 bridgehead atoms. The molecule has 0 saturated carbocycles. The maximum absolute atomic E-state index is 5.72. The second-order valence-electron chi connectivity index (χ2n) is 5.94. The van der Waals surface area contributed by atoms with E-state index in [0.29, 0.717) is 0 Å². The number of hydrogen-bond donors (Lipinski definition) is 0. The summed E-state index contributed by atoms with van der Waals surface area (Å²) in [5.74, 6) is 0.875. The number of rotatable bonds is 6. The normalized spacial score (nSPS) is 17.3. The zero-order chi connectivity index (χ0) is 14.2. The number of likely N-dealkylation sites (tertiary alicyclic amines) is 1. The van der Waals surface area contributed by atoms with Crippen LogP contribution in [-0.4, -0.2) is 61.8 Å². The van der Waals surface area contributed by atoms with Crippen molar-refractivity contribution in [2.75, 3.05) is 46.4 Å². The molecule has 1 fully saturated rings. The minimum absolute atomic E-state index is 0.00365. The highest BCUT2D eigenvalue weighted by Crippen LogP contribution is 2.15. The molecule has 0 aromatic carbocycles.